The van der Waals surface area contributed by atoms with Crippen molar-refractivity contribution in [3.8, 4) is 0 Å². The predicted molar refractivity (Wildman–Crippen MR) is 103 cm³/mol. The summed E-state index contributed by atoms with van der Waals surface area (Å²) in [6, 6.07) is 34.2. The van der Waals surface area contributed by atoms with E-state index in [1.807, 2.05) is 36.4 Å². The first-order valence-electron chi connectivity index (χ1n) is 8.32. The van der Waals surface area contributed by atoms with Crippen molar-refractivity contribution in [1.82, 2.24) is 0 Å². The fraction of sp³-hybridized carbons (Fsp3) is 0.182. The van der Waals surface area contributed by atoms with E-state index in [4.69, 9.17) is 0 Å². The molecular formula is C22H23P. The molecule has 0 amide bonds. The maximum Gasteiger partial charge on any atom is 0.00820 e. The van der Waals surface area contributed by atoms with Gasteiger partial charge in [-0.25, -0.2) is 0 Å². The molecule has 4 rings (SSSR count). The van der Waals surface area contributed by atoms with Gasteiger partial charge in [-0.3, -0.25) is 0 Å². The van der Waals surface area contributed by atoms with Crippen molar-refractivity contribution in [2.75, 3.05) is 6.16 Å². The van der Waals surface area contributed by atoms with Crippen molar-refractivity contribution in [2.45, 2.75) is 18.5 Å². The van der Waals surface area contributed by atoms with Gasteiger partial charge in [-0.15, -0.1) is 0 Å². The van der Waals surface area contributed by atoms with Gasteiger partial charge in [0.15, 0.2) is 0 Å². The lowest BCUT2D eigenvalue weighted by Crippen LogP contribution is -2.04. The summed E-state index contributed by atoms with van der Waals surface area (Å²) in [7, 11) is 0.0201. The Morgan fingerprint density at radius 2 is 1.09 bits per heavy atom. The molecule has 3 aromatic rings. The first kappa shape index (κ1) is 16.0. The molecule has 3 aromatic carbocycles. The summed E-state index contributed by atoms with van der Waals surface area (Å²) in [4.78, 5) is 0. The van der Waals surface area contributed by atoms with Gasteiger partial charge in [0.1, 0.15) is 0 Å². The standard InChI is InChI=1S/C16H17P.C6H6/c1-3-8-14(9-4-1)16-12-7-13-17(16)15-10-5-2-6-11-15;1-2-4-6-5-3-1/h1-6,8-11,16H,7,12-13H2;1-6H. The van der Waals surface area contributed by atoms with Crippen LogP contribution in [0.15, 0.2) is 97.1 Å². The first-order valence-corrected chi connectivity index (χ1v) is 9.91. The summed E-state index contributed by atoms with van der Waals surface area (Å²) in [5, 5.41) is 1.58. The van der Waals surface area contributed by atoms with Gasteiger partial charge in [-0.2, -0.15) is 0 Å². The van der Waals surface area contributed by atoms with E-state index in [-0.39, 0.29) is 7.92 Å². The van der Waals surface area contributed by atoms with E-state index >= 15 is 0 Å². The van der Waals surface area contributed by atoms with E-state index in [1.165, 1.54) is 19.0 Å². The van der Waals surface area contributed by atoms with Crippen molar-refractivity contribution in [3.05, 3.63) is 103 Å². The molecule has 2 unspecified atom stereocenters. The average molecular weight is 318 g/mol. The molecule has 0 nitrogen and oxygen atoms in total. The van der Waals surface area contributed by atoms with Gasteiger partial charge in [-0.05, 0) is 29.9 Å². The number of benzene rings is 3. The Bertz CT molecular complexity index is 592. The lowest BCUT2D eigenvalue weighted by molar-refractivity contribution is 0.827. The highest BCUT2D eigenvalue weighted by Crippen LogP contribution is 2.58. The molecular weight excluding hydrogens is 295 g/mol. The van der Waals surface area contributed by atoms with Gasteiger partial charge in [0.25, 0.3) is 0 Å². The Morgan fingerprint density at radius 3 is 1.65 bits per heavy atom. The van der Waals surface area contributed by atoms with E-state index in [0.29, 0.717) is 0 Å². The molecule has 1 fully saturated rings. The van der Waals surface area contributed by atoms with E-state index in [0.717, 1.165) is 5.66 Å². The molecule has 0 spiro atoms. The molecule has 0 radical (unpaired) electrons. The molecule has 0 N–H and O–H groups in total. The van der Waals surface area contributed by atoms with Crippen LogP contribution in [0.3, 0.4) is 0 Å². The third-order valence-corrected chi connectivity index (χ3v) is 7.26. The third-order valence-electron chi connectivity index (χ3n) is 4.19. The van der Waals surface area contributed by atoms with E-state index in [1.54, 1.807) is 10.9 Å². The largest absolute Gasteiger partial charge is 0.0677 e. The van der Waals surface area contributed by atoms with Crippen LogP contribution in [-0.4, -0.2) is 6.16 Å². The molecule has 0 aromatic heterocycles. The predicted octanol–water partition coefficient (Wildman–Crippen LogP) is 6.02. The van der Waals surface area contributed by atoms with Crippen molar-refractivity contribution in [3.63, 3.8) is 0 Å². The molecule has 0 saturated carbocycles. The number of hydrogen-bond acceptors (Lipinski definition) is 0. The fourth-order valence-electron chi connectivity index (χ4n) is 3.10. The average Bonchev–Trinajstić information content (AvgIpc) is 3.15. The first-order chi connectivity index (χ1) is 11.4. The summed E-state index contributed by atoms with van der Waals surface area (Å²) < 4.78 is 0. The zero-order chi connectivity index (χ0) is 15.7. The van der Waals surface area contributed by atoms with Crippen LogP contribution in [-0.2, 0) is 0 Å². The SMILES string of the molecule is c1ccc(C2CCCP2c2ccccc2)cc1.c1ccccc1. The Morgan fingerprint density at radius 1 is 0.609 bits per heavy atom. The van der Waals surface area contributed by atoms with Crippen LogP contribution < -0.4 is 5.30 Å². The van der Waals surface area contributed by atoms with E-state index < -0.39 is 0 Å². The summed E-state index contributed by atoms with van der Waals surface area (Å²) in [5.41, 5.74) is 2.33. The summed E-state index contributed by atoms with van der Waals surface area (Å²) in [6.07, 6.45) is 4.16. The lowest BCUT2D eigenvalue weighted by atomic mass is 10.1. The van der Waals surface area contributed by atoms with Crippen LogP contribution in [0.2, 0.25) is 0 Å². The van der Waals surface area contributed by atoms with Gasteiger partial charge >= 0.3 is 0 Å². The van der Waals surface area contributed by atoms with Crippen LogP contribution >= 0.6 is 7.92 Å². The Hall–Kier alpha value is -1.91. The second-order valence-corrected chi connectivity index (χ2v) is 8.28. The van der Waals surface area contributed by atoms with E-state index in [2.05, 4.69) is 60.7 Å². The third kappa shape index (κ3) is 4.53. The smallest absolute Gasteiger partial charge is 0.00820 e. The van der Waals surface area contributed by atoms with Gasteiger partial charge in [0.2, 0.25) is 0 Å². The molecule has 0 aliphatic carbocycles. The van der Waals surface area contributed by atoms with Crippen molar-refractivity contribution >= 4 is 13.2 Å². The molecule has 1 saturated heterocycles. The summed E-state index contributed by atoms with van der Waals surface area (Å²) in [5.74, 6) is 0. The molecule has 1 heteroatoms. The minimum Gasteiger partial charge on any atom is -0.0677 e. The molecule has 116 valence electrons. The minimum absolute atomic E-state index is 0.0201. The monoisotopic (exact) mass is 318 g/mol. The van der Waals surface area contributed by atoms with Crippen molar-refractivity contribution in [2.24, 2.45) is 0 Å². The molecule has 23 heavy (non-hydrogen) atoms. The van der Waals surface area contributed by atoms with Crippen LogP contribution in [0, 0.1) is 0 Å². The van der Waals surface area contributed by atoms with Crippen molar-refractivity contribution < 1.29 is 0 Å². The topological polar surface area (TPSA) is 0 Å². The van der Waals surface area contributed by atoms with Gasteiger partial charge in [0, 0.05) is 5.66 Å². The quantitative estimate of drug-likeness (QED) is 0.507. The lowest BCUT2D eigenvalue weighted by Gasteiger charge is -2.21. The highest BCUT2D eigenvalue weighted by atomic mass is 31.1. The second kappa shape index (κ2) is 8.65. The van der Waals surface area contributed by atoms with Gasteiger partial charge in [0.05, 0.1) is 0 Å². The molecule has 1 heterocycles. The fourth-order valence-corrected chi connectivity index (χ4v) is 6.14. The summed E-state index contributed by atoms with van der Waals surface area (Å²) >= 11 is 0. The molecule has 0 bridgehead atoms. The Balaban J connectivity index is 0.000000220. The maximum absolute atomic E-state index is 2.31. The van der Waals surface area contributed by atoms with Crippen LogP contribution in [0.4, 0.5) is 0 Å². The maximum atomic E-state index is 2.31. The van der Waals surface area contributed by atoms with E-state index in [9.17, 15) is 0 Å². The summed E-state index contributed by atoms with van der Waals surface area (Å²) in [6.45, 7) is 0. The molecule has 2 atom stereocenters. The Kier molecular flexibility index (Phi) is 6.01. The highest BCUT2D eigenvalue weighted by molar-refractivity contribution is 7.66. The zero-order valence-electron chi connectivity index (χ0n) is 13.4. The minimum atomic E-state index is 0.0201. The van der Waals surface area contributed by atoms with Crippen LogP contribution in [0.5, 0.6) is 0 Å². The zero-order valence-corrected chi connectivity index (χ0v) is 14.3. The second-order valence-electron chi connectivity index (χ2n) is 5.75. The van der Waals surface area contributed by atoms with Gasteiger partial charge in [-0.1, -0.05) is 105 Å². The number of hydrogen-bond donors (Lipinski definition) is 0. The molecule has 1 aliphatic rings. The van der Waals surface area contributed by atoms with Crippen LogP contribution in [0.25, 0.3) is 0 Å². The normalized spacial score (nSPS) is 19.7. The van der Waals surface area contributed by atoms with Crippen LogP contribution in [0.1, 0.15) is 24.1 Å². The molecule has 1 aliphatic heterocycles. The highest BCUT2D eigenvalue weighted by Gasteiger charge is 2.28. The van der Waals surface area contributed by atoms with Gasteiger partial charge < -0.3 is 0 Å². The number of rotatable bonds is 2. The van der Waals surface area contributed by atoms with Crippen molar-refractivity contribution in [1.29, 1.82) is 0 Å². The Labute approximate surface area is 141 Å².